The van der Waals surface area contributed by atoms with Crippen molar-refractivity contribution >= 4 is 35.2 Å². The summed E-state index contributed by atoms with van der Waals surface area (Å²) in [7, 11) is 0. The third-order valence-electron chi connectivity index (χ3n) is 3.03. The molecule has 0 saturated carbocycles. The molecule has 1 aromatic heterocycles. The Labute approximate surface area is 138 Å². The summed E-state index contributed by atoms with van der Waals surface area (Å²) in [6, 6.07) is 8.69. The third kappa shape index (κ3) is 5.00. The zero-order valence-corrected chi connectivity index (χ0v) is 13.5. The highest BCUT2D eigenvalue weighted by Gasteiger charge is 2.08. The van der Waals surface area contributed by atoms with E-state index < -0.39 is 11.9 Å². The van der Waals surface area contributed by atoms with E-state index in [0.717, 1.165) is 11.3 Å². The van der Waals surface area contributed by atoms with Gasteiger partial charge in [-0.25, -0.2) is 4.79 Å². The van der Waals surface area contributed by atoms with Crippen LogP contribution in [0.3, 0.4) is 0 Å². The summed E-state index contributed by atoms with van der Waals surface area (Å²) < 4.78 is 10.1. The van der Waals surface area contributed by atoms with Crippen LogP contribution >= 0.6 is 11.6 Å². The molecule has 1 N–H and O–H groups in total. The van der Waals surface area contributed by atoms with E-state index in [9.17, 15) is 9.59 Å². The molecule has 0 aliphatic rings. The Kier molecular flexibility index (Phi) is 5.60. The fourth-order valence-corrected chi connectivity index (χ4v) is 1.98. The monoisotopic (exact) mass is 333 g/mol. The molecule has 0 fully saturated rings. The number of furan rings is 1. The topological polar surface area (TPSA) is 68.5 Å². The Morgan fingerprint density at radius 2 is 2.04 bits per heavy atom. The molecular formula is C17H16ClNO4. The van der Waals surface area contributed by atoms with Crippen molar-refractivity contribution in [3.8, 4) is 0 Å². The van der Waals surface area contributed by atoms with Gasteiger partial charge in [0.2, 0.25) is 0 Å². The number of hydrogen-bond donors (Lipinski definition) is 1. The summed E-state index contributed by atoms with van der Waals surface area (Å²) in [5.74, 6) is 0.218. The van der Waals surface area contributed by atoms with Gasteiger partial charge in [-0.3, -0.25) is 4.79 Å². The van der Waals surface area contributed by atoms with Gasteiger partial charge in [-0.1, -0.05) is 17.7 Å². The van der Waals surface area contributed by atoms with Crippen LogP contribution in [-0.4, -0.2) is 18.5 Å². The quantitative estimate of drug-likeness (QED) is 0.668. The minimum absolute atomic E-state index is 0.383. The van der Waals surface area contributed by atoms with Gasteiger partial charge < -0.3 is 14.5 Å². The lowest BCUT2D eigenvalue weighted by Gasteiger charge is -2.09. The number of nitrogens with one attached hydrogen (secondary N) is 1. The lowest BCUT2D eigenvalue weighted by Crippen LogP contribution is -2.20. The van der Waals surface area contributed by atoms with Crippen LogP contribution in [0, 0.1) is 13.8 Å². The average Bonchev–Trinajstić information content (AvgIpc) is 2.93. The summed E-state index contributed by atoms with van der Waals surface area (Å²) in [5, 5.41) is 3.19. The van der Waals surface area contributed by atoms with E-state index >= 15 is 0 Å². The Hall–Kier alpha value is -2.53. The molecule has 1 amide bonds. The van der Waals surface area contributed by atoms with Crippen molar-refractivity contribution in [2.45, 2.75) is 13.8 Å². The first-order valence-electron chi connectivity index (χ1n) is 6.92. The van der Waals surface area contributed by atoms with E-state index in [1.165, 1.54) is 12.2 Å². The van der Waals surface area contributed by atoms with Gasteiger partial charge in [0, 0.05) is 16.8 Å². The number of esters is 1. The average molecular weight is 334 g/mol. The maximum Gasteiger partial charge on any atom is 0.331 e. The molecular weight excluding hydrogens is 318 g/mol. The second-order valence-corrected chi connectivity index (χ2v) is 5.26. The van der Waals surface area contributed by atoms with Crippen LogP contribution in [0.4, 0.5) is 5.69 Å². The summed E-state index contributed by atoms with van der Waals surface area (Å²) in [6.07, 6.45) is 2.69. The van der Waals surface area contributed by atoms with E-state index in [1.807, 2.05) is 0 Å². The van der Waals surface area contributed by atoms with Crippen molar-refractivity contribution in [3.63, 3.8) is 0 Å². The van der Waals surface area contributed by atoms with Crippen molar-refractivity contribution < 1.29 is 18.7 Å². The molecule has 23 heavy (non-hydrogen) atoms. The number of rotatable bonds is 5. The minimum Gasteiger partial charge on any atom is -0.462 e. The van der Waals surface area contributed by atoms with Crippen LogP contribution < -0.4 is 5.32 Å². The van der Waals surface area contributed by atoms with Gasteiger partial charge in [0.25, 0.3) is 5.91 Å². The molecule has 0 spiro atoms. The number of carbonyl (C=O) groups excluding carboxylic acids is 2. The maximum absolute atomic E-state index is 11.8. The largest absolute Gasteiger partial charge is 0.462 e. The molecule has 1 heterocycles. The predicted molar refractivity (Wildman–Crippen MR) is 88.3 cm³/mol. The molecule has 5 nitrogen and oxygen atoms in total. The summed E-state index contributed by atoms with van der Waals surface area (Å²) >= 11 is 5.97. The second kappa shape index (κ2) is 7.65. The zero-order valence-electron chi connectivity index (χ0n) is 12.8. The van der Waals surface area contributed by atoms with Crippen molar-refractivity contribution in [1.29, 1.82) is 0 Å². The lowest BCUT2D eigenvalue weighted by molar-refractivity contribution is -0.142. The summed E-state index contributed by atoms with van der Waals surface area (Å²) in [5.41, 5.74) is 1.34. The molecule has 120 valence electrons. The molecule has 0 radical (unpaired) electrons. The smallest absolute Gasteiger partial charge is 0.331 e. The number of hydrogen-bond acceptors (Lipinski definition) is 4. The highest BCUT2D eigenvalue weighted by Crippen LogP contribution is 2.22. The van der Waals surface area contributed by atoms with E-state index in [-0.39, 0.29) is 6.61 Å². The fourth-order valence-electron chi connectivity index (χ4n) is 1.81. The molecule has 0 atom stereocenters. The Bertz CT molecular complexity index is 749. The third-order valence-corrected chi connectivity index (χ3v) is 3.44. The lowest BCUT2D eigenvalue weighted by atomic mass is 10.2. The van der Waals surface area contributed by atoms with Crippen molar-refractivity contribution in [3.05, 3.63) is 58.5 Å². The number of ether oxygens (including phenoxy) is 1. The van der Waals surface area contributed by atoms with Crippen LogP contribution in [0.15, 0.2) is 40.8 Å². The number of anilines is 1. The first-order valence-corrected chi connectivity index (χ1v) is 7.30. The van der Waals surface area contributed by atoms with Gasteiger partial charge >= 0.3 is 5.97 Å². The number of halogens is 1. The Balaban J connectivity index is 1.83. The van der Waals surface area contributed by atoms with E-state index in [2.05, 4.69) is 5.32 Å². The van der Waals surface area contributed by atoms with Crippen molar-refractivity contribution in [1.82, 2.24) is 0 Å². The van der Waals surface area contributed by atoms with E-state index in [4.69, 9.17) is 20.8 Å². The normalized spacial score (nSPS) is 10.7. The number of benzene rings is 1. The van der Waals surface area contributed by atoms with Crippen LogP contribution in [0.1, 0.15) is 17.1 Å². The summed E-state index contributed by atoms with van der Waals surface area (Å²) in [6.45, 7) is 3.21. The molecule has 0 unspecified atom stereocenters. The van der Waals surface area contributed by atoms with Crippen LogP contribution in [0.2, 0.25) is 5.02 Å². The molecule has 1 aromatic carbocycles. The Morgan fingerprint density at radius 1 is 1.26 bits per heavy atom. The van der Waals surface area contributed by atoms with Crippen molar-refractivity contribution in [2.75, 3.05) is 11.9 Å². The first-order chi connectivity index (χ1) is 11.0. The Morgan fingerprint density at radius 3 is 2.74 bits per heavy atom. The van der Waals surface area contributed by atoms with Gasteiger partial charge in [0.15, 0.2) is 6.61 Å². The molecule has 0 aliphatic carbocycles. The van der Waals surface area contributed by atoms with Crippen LogP contribution in [-0.2, 0) is 14.3 Å². The number of carbonyl (C=O) groups is 2. The van der Waals surface area contributed by atoms with E-state index in [1.54, 1.807) is 44.2 Å². The van der Waals surface area contributed by atoms with Crippen LogP contribution in [0.25, 0.3) is 6.08 Å². The highest BCUT2D eigenvalue weighted by molar-refractivity contribution is 6.31. The zero-order chi connectivity index (χ0) is 16.8. The molecule has 2 aromatic rings. The van der Waals surface area contributed by atoms with Gasteiger partial charge in [-0.2, -0.15) is 0 Å². The van der Waals surface area contributed by atoms with Gasteiger partial charge in [0.05, 0.1) is 0 Å². The van der Waals surface area contributed by atoms with Gasteiger partial charge in [-0.15, -0.1) is 0 Å². The molecule has 2 rings (SSSR count). The standard InChI is InChI=1S/C17H16ClNO4/c1-11-6-7-13(23-11)8-9-17(21)22-10-16(20)19-15-5-3-4-14(18)12(15)2/h3-9H,10H2,1-2H3,(H,19,20). The van der Waals surface area contributed by atoms with E-state index in [0.29, 0.717) is 16.5 Å². The predicted octanol–water partition coefficient (Wildman–Crippen LogP) is 3.74. The number of aryl methyl sites for hydroxylation is 1. The molecule has 6 heteroatoms. The highest BCUT2D eigenvalue weighted by atomic mass is 35.5. The first kappa shape index (κ1) is 16.8. The van der Waals surface area contributed by atoms with Crippen LogP contribution in [0.5, 0.6) is 0 Å². The van der Waals surface area contributed by atoms with Gasteiger partial charge in [-0.05, 0) is 49.8 Å². The maximum atomic E-state index is 11.8. The molecule has 0 aliphatic heterocycles. The fraction of sp³-hybridized carbons (Fsp3) is 0.176. The van der Waals surface area contributed by atoms with Gasteiger partial charge in [0.1, 0.15) is 11.5 Å². The SMILES string of the molecule is Cc1ccc(C=CC(=O)OCC(=O)Nc2cccc(Cl)c2C)o1. The van der Waals surface area contributed by atoms with Crippen molar-refractivity contribution in [2.24, 2.45) is 0 Å². The number of amides is 1. The second-order valence-electron chi connectivity index (χ2n) is 4.85. The molecule has 0 bridgehead atoms. The summed E-state index contributed by atoms with van der Waals surface area (Å²) in [4.78, 5) is 23.3. The molecule has 0 saturated heterocycles. The minimum atomic E-state index is -0.628.